The Hall–Kier alpha value is -1.97. The lowest BCUT2D eigenvalue weighted by molar-refractivity contribution is -0.133. The highest BCUT2D eigenvalue weighted by Gasteiger charge is 2.10. The molecule has 2 aromatic heterocycles. The van der Waals surface area contributed by atoms with E-state index >= 15 is 0 Å². The van der Waals surface area contributed by atoms with E-state index in [4.69, 9.17) is 5.11 Å². The number of carboxylic acid groups (broad SMARTS) is 1. The molecule has 0 bridgehead atoms. The number of carbonyl (C=O) groups is 1. The summed E-state index contributed by atoms with van der Waals surface area (Å²) in [4.78, 5) is 14.6. The second-order valence-electron chi connectivity index (χ2n) is 3.45. The largest absolute Gasteiger partial charge is 0.481 e. The van der Waals surface area contributed by atoms with Crippen LogP contribution in [0.3, 0.4) is 0 Å². The Kier molecular flexibility index (Phi) is 3.87. The highest BCUT2D eigenvalue weighted by atomic mass is 32.2. The van der Waals surface area contributed by atoms with Crippen LogP contribution >= 0.6 is 11.8 Å². The van der Waals surface area contributed by atoms with Crippen molar-refractivity contribution in [1.82, 2.24) is 35.0 Å². The smallest absolute Gasteiger partial charge is 0.313 e. The van der Waals surface area contributed by atoms with E-state index in [1.807, 2.05) is 0 Å². The number of hydrogen-bond donors (Lipinski definition) is 1. The van der Waals surface area contributed by atoms with Crippen molar-refractivity contribution in [2.75, 3.05) is 5.75 Å². The van der Waals surface area contributed by atoms with Crippen molar-refractivity contribution in [2.24, 2.45) is 7.05 Å². The van der Waals surface area contributed by atoms with E-state index in [2.05, 4.69) is 25.6 Å². The Balaban J connectivity index is 1.93. The van der Waals surface area contributed by atoms with E-state index in [-0.39, 0.29) is 5.75 Å². The van der Waals surface area contributed by atoms with Gasteiger partial charge in [-0.05, 0) is 10.4 Å². The summed E-state index contributed by atoms with van der Waals surface area (Å²) in [5.74, 6) is -0.273. The number of thioether (sulfide) groups is 1. The molecule has 0 aliphatic heterocycles. The van der Waals surface area contributed by atoms with E-state index in [9.17, 15) is 4.79 Å². The first-order valence-electron chi connectivity index (χ1n) is 5.10. The molecule has 96 valence electrons. The maximum atomic E-state index is 10.5. The van der Waals surface area contributed by atoms with Gasteiger partial charge in [-0.25, -0.2) is 9.67 Å². The van der Waals surface area contributed by atoms with E-state index in [0.717, 1.165) is 11.8 Å². The summed E-state index contributed by atoms with van der Waals surface area (Å²) in [5.41, 5.74) is 0. The van der Waals surface area contributed by atoms with Crippen molar-refractivity contribution in [3.63, 3.8) is 0 Å². The number of tetrazole rings is 1. The molecular formula is C8H11N7O2S. The zero-order valence-electron chi connectivity index (χ0n) is 9.59. The Morgan fingerprint density at radius 3 is 3.06 bits per heavy atom. The third-order valence-electron chi connectivity index (χ3n) is 2.02. The Morgan fingerprint density at radius 2 is 2.39 bits per heavy atom. The summed E-state index contributed by atoms with van der Waals surface area (Å²) in [6.45, 7) is 0.513. The molecule has 2 aromatic rings. The molecular weight excluding hydrogens is 258 g/mol. The van der Waals surface area contributed by atoms with Crippen LogP contribution in [0.4, 0.5) is 0 Å². The van der Waals surface area contributed by atoms with Crippen LogP contribution in [0.25, 0.3) is 0 Å². The van der Waals surface area contributed by atoms with Crippen molar-refractivity contribution >= 4 is 17.7 Å². The van der Waals surface area contributed by atoms with Gasteiger partial charge in [0.05, 0.1) is 12.3 Å². The lowest BCUT2D eigenvalue weighted by Crippen LogP contribution is -2.08. The number of hydrogen-bond acceptors (Lipinski definition) is 7. The van der Waals surface area contributed by atoms with E-state index in [1.165, 1.54) is 0 Å². The number of nitrogens with zero attached hydrogens (tertiary/aromatic N) is 7. The van der Waals surface area contributed by atoms with Crippen molar-refractivity contribution in [3.8, 4) is 0 Å². The monoisotopic (exact) mass is 269 g/mol. The van der Waals surface area contributed by atoms with Crippen LogP contribution in [0.5, 0.6) is 0 Å². The fourth-order valence-electron chi connectivity index (χ4n) is 1.27. The number of aromatic nitrogens is 7. The van der Waals surface area contributed by atoms with Gasteiger partial charge in [-0.1, -0.05) is 11.8 Å². The van der Waals surface area contributed by atoms with E-state index < -0.39 is 5.97 Å². The minimum absolute atomic E-state index is 0.0673. The van der Waals surface area contributed by atoms with Crippen LogP contribution in [-0.2, 0) is 24.8 Å². The van der Waals surface area contributed by atoms with Crippen LogP contribution in [0, 0.1) is 0 Å². The zero-order valence-corrected chi connectivity index (χ0v) is 10.4. The third-order valence-corrected chi connectivity index (χ3v) is 2.96. The molecule has 0 saturated heterocycles. The predicted octanol–water partition coefficient (Wildman–Crippen LogP) is -0.779. The van der Waals surface area contributed by atoms with E-state index in [1.54, 1.807) is 22.7 Å². The number of carboxylic acids is 1. The summed E-state index contributed by atoms with van der Waals surface area (Å²) in [6, 6.07) is 0. The number of aryl methyl sites for hydroxylation is 3. The zero-order chi connectivity index (χ0) is 13.0. The Bertz CT molecular complexity index is 537. The second kappa shape index (κ2) is 5.58. The van der Waals surface area contributed by atoms with Gasteiger partial charge < -0.3 is 5.11 Å². The molecule has 2 rings (SSSR count). The summed E-state index contributed by atoms with van der Waals surface area (Å²) >= 11 is 1.08. The molecule has 2 heterocycles. The lowest BCUT2D eigenvalue weighted by atomic mass is 10.4. The van der Waals surface area contributed by atoms with Crippen LogP contribution in [0.15, 0.2) is 11.5 Å². The number of aliphatic carboxylic acids is 1. The second-order valence-corrected chi connectivity index (χ2v) is 4.39. The van der Waals surface area contributed by atoms with Gasteiger partial charge in [-0.15, -0.1) is 5.10 Å². The van der Waals surface area contributed by atoms with E-state index in [0.29, 0.717) is 23.9 Å². The fourth-order valence-corrected chi connectivity index (χ4v) is 1.89. The maximum absolute atomic E-state index is 10.5. The van der Waals surface area contributed by atoms with Gasteiger partial charge >= 0.3 is 5.97 Å². The standard InChI is InChI=1S/C8H11N7O2S/c1-14-5-9-6(11-14)2-3-15-8(10-12-13-15)18-4-7(16)17/h5H,2-4H2,1H3,(H,16,17). The molecule has 0 aromatic carbocycles. The molecule has 0 amide bonds. The quantitative estimate of drug-likeness (QED) is 0.680. The van der Waals surface area contributed by atoms with Crippen molar-refractivity contribution in [3.05, 3.63) is 12.2 Å². The molecule has 0 spiro atoms. The molecule has 9 nitrogen and oxygen atoms in total. The van der Waals surface area contributed by atoms with Gasteiger partial charge in [0.1, 0.15) is 6.33 Å². The van der Waals surface area contributed by atoms with Crippen LogP contribution in [-0.4, -0.2) is 51.8 Å². The summed E-state index contributed by atoms with van der Waals surface area (Å²) < 4.78 is 3.17. The predicted molar refractivity (Wildman–Crippen MR) is 60.9 cm³/mol. The lowest BCUT2D eigenvalue weighted by Gasteiger charge is -2.00. The fraction of sp³-hybridized carbons (Fsp3) is 0.500. The van der Waals surface area contributed by atoms with Gasteiger partial charge in [-0.3, -0.25) is 9.48 Å². The van der Waals surface area contributed by atoms with Crippen molar-refractivity contribution in [2.45, 2.75) is 18.1 Å². The first-order chi connectivity index (χ1) is 8.65. The Labute approximate surface area is 106 Å². The molecule has 10 heteroatoms. The molecule has 0 radical (unpaired) electrons. The SMILES string of the molecule is Cn1cnc(CCn2nnnc2SCC(=O)O)n1. The minimum Gasteiger partial charge on any atom is -0.481 e. The molecule has 18 heavy (non-hydrogen) atoms. The topological polar surface area (TPSA) is 112 Å². The highest BCUT2D eigenvalue weighted by molar-refractivity contribution is 7.99. The van der Waals surface area contributed by atoms with Gasteiger partial charge in [0.15, 0.2) is 5.82 Å². The Morgan fingerprint density at radius 1 is 1.56 bits per heavy atom. The first kappa shape index (κ1) is 12.5. The summed E-state index contributed by atoms with van der Waals surface area (Å²) in [7, 11) is 1.79. The van der Waals surface area contributed by atoms with Crippen LogP contribution in [0.2, 0.25) is 0 Å². The molecule has 0 atom stereocenters. The summed E-state index contributed by atoms with van der Waals surface area (Å²) in [5, 5.41) is 24.3. The van der Waals surface area contributed by atoms with Crippen LogP contribution < -0.4 is 0 Å². The summed E-state index contributed by atoms with van der Waals surface area (Å²) in [6.07, 6.45) is 2.21. The molecule has 0 fully saturated rings. The van der Waals surface area contributed by atoms with Gasteiger partial charge in [0.25, 0.3) is 0 Å². The van der Waals surface area contributed by atoms with Gasteiger partial charge in [0, 0.05) is 13.5 Å². The molecule has 0 saturated carbocycles. The molecule has 1 N–H and O–H groups in total. The number of rotatable bonds is 6. The molecule has 0 unspecified atom stereocenters. The molecule has 0 aliphatic carbocycles. The van der Waals surface area contributed by atoms with Crippen molar-refractivity contribution in [1.29, 1.82) is 0 Å². The minimum atomic E-state index is -0.902. The average Bonchev–Trinajstić information content (AvgIpc) is 2.92. The van der Waals surface area contributed by atoms with Gasteiger partial charge in [0.2, 0.25) is 5.16 Å². The highest BCUT2D eigenvalue weighted by Crippen LogP contribution is 2.13. The molecule has 0 aliphatic rings. The van der Waals surface area contributed by atoms with Crippen molar-refractivity contribution < 1.29 is 9.90 Å². The first-order valence-corrected chi connectivity index (χ1v) is 6.09. The average molecular weight is 269 g/mol. The van der Waals surface area contributed by atoms with Gasteiger partial charge in [-0.2, -0.15) is 5.10 Å². The van der Waals surface area contributed by atoms with Crippen LogP contribution in [0.1, 0.15) is 5.82 Å². The normalized spacial score (nSPS) is 10.7. The maximum Gasteiger partial charge on any atom is 0.313 e. The third kappa shape index (κ3) is 3.26.